The van der Waals surface area contributed by atoms with Gasteiger partial charge in [0.2, 0.25) is 11.8 Å². The number of carbonyl (C=O) groups is 2. The van der Waals surface area contributed by atoms with Crippen LogP contribution in [0.3, 0.4) is 0 Å². The molecule has 3 rings (SSSR count). The second kappa shape index (κ2) is 6.89. The Balaban J connectivity index is 1.56. The van der Waals surface area contributed by atoms with Gasteiger partial charge in [-0.15, -0.1) is 0 Å². The van der Waals surface area contributed by atoms with Gasteiger partial charge in [0.15, 0.2) is 5.96 Å². The first-order valence-electron chi connectivity index (χ1n) is 9.00. The largest absolute Gasteiger partial charge is 0.357 e. The van der Waals surface area contributed by atoms with Crippen LogP contribution in [0.25, 0.3) is 0 Å². The smallest absolute Gasteiger partial charge is 0.229 e. The van der Waals surface area contributed by atoms with E-state index in [1.165, 1.54) is 30.6 Å². The summed E-state index contributed by atoms with van der Waals surface area (Å²) in [6.45, 7) is 5.97. The first kappa shape index (κ1) is 16.3. The summed E-state index contributed by atoms with van der Waals surface area (Å²) in [7, 11) is 0. The Bertz CT molecular complexity index is 483. The molecule has 0 bridgehead atoms. The average molecular weight is 320 g/mol. The number of nitrogens with zero attached hydrogens (tertiary/aromatic N) is 3. The molecule has 1 aliphatic carbocycles. The van der Waals surface area contributed by atoms with E-state index in [0.717, 1.165) is 25.6 Å². The second-order valence-electron chi connectivity index (χ2n) is 7.05. The monoisotopic (exact) mass is 320 g/mol. The summed E-state index contributed by atoms with van der Waals surface area (Å²) in [6.07, 6.45) is 6.99. The van der Waals surface area contributed by atoms with Gasteiger partial charge in [-0.05, 0) is 38.0 Å². The number of nitrogens with one attached hydrogen (secondary N) is 1. The number of hydrogen-bond donors (Lipinski definition) is 1. The average Bonchev–Trinajstić information content (AvgIpc) is 2.95. The van der Waals surface area contributed by atoms with Crippen LogP contribution in [0.5, 0.6) is 0 Å². The summed E-state index contributed by atoms with van der Waals surface area (Å²) in [5.74, 6) is 0.847. The third kappa shape index (κ3) is 3.51. The van der Waals surface area contributed by atoms with Crippen molar-refractivity contribution >= 4 is 17.8 Å². The van der Waals surface area contributed by atoms with Gasteiger partial charge in [0.05, 0.1) is 6.54 Å². The highest BCUT2D eigenvalue weighted by molar-refractivity contribution is 5.97. The number of carbonyl (C=O) groups excluding carboxylic acids is 2. The number of imide groups is 1. The first-order valence-corrected chi connectivity index (χ1v) is 9.00. The van der Waals surface area contributed by atoms with Crippen LogP contribution in [0.1, 0.15) is 51.9 Å². The zero-order valence-electron chi connectivity index (χ0n) is 14.1. The number of guanidine groups is 1. The lowest BCUT2D eigenvalue weighted by Crippen LogP contribution is -2.44. The molecule has 128 valence electrons. The maximum Gasteiger partial charge on any atom is 0.229 e. The van der Waals surface area contributed by atoms with Crippen LogP contribution < -0.4 is 5.32 Å². The molecule has 2 aliphatic heterocycles. The molecule has 6 heteroatoms. The number of likely N-dealkylation sites (tertiary alicyclic amines) is 2. The summed E-state index contributed by atoms with van der Waals surface area (Å²) in [4.78, 5) is 32.0. The molecule has 2 saturated heterocycles. The van der Waals surface area contributed by atoms with Crippen LogP contribution in [0.4, 0.5) is 0 Å². The van der Waals surface area contributed by atoms with E-state index in [1.54, 1.807) is 0 Å². The fourth-order valence-corrected chi connectivity index (χ4v) is 3.93. The van der Waals surface area contributed by atoms with Crippen molar-refractivity contribution in [2.45, 2.75) is 51.9 Å². The molecule has 2 amide bonds. The summed E-state index contributed by atoms with van der Waals surface area (Å²) >= 11 is 0. The van der Waals surface area contributed by atoms with E-state index in [2.05, 4.69) is 22.1 Å². The van der Waals surface area contributed by atoms with E-state index in [-0.39, 0.29) is 11.8 Å². The number of aliphatic imine (C=N–C) groups is 1. The molecule has 2 heterocycles. The van der Waals surface area contributed by atoms with Gasteiger partial charge >= 0.3 is 0 Å². The van der Waals surface area contributed by atoms with Crippen molar-refractivity contribution < 1.29 is 9.59 Å². The van der Waals surface area contributed by atoms with Crippen LogP contribution in [-0.4, -0.2) is 60.3 Å². The molecule has 6 nitrogen and oxygen atoms in total. The topological polar surface area (TPSA) is 65.0 Å². The molecule has 1 spiro atoms. The molecule has 23 heavy (non-hydrogen) atoms. The minimum Gasteiger partial charge on any atom is -0.357 e. The Morgan fingerprint density at radius 1 is 1.17 bits per heavy atom. The van der Waals surface area contributed by atoms with Gasteiger partial charge in [-0.1, -0.05) is 6.42 Å². The van der Waals surface area contributed by atoms with Crippen molar-refractivity contribution in [3.63, 3.8) is 0 Å². The van der Waals surface area contributed by atoms with Gasteiger partial charge in [-0.2, -0.15) is 0 Å². The molecule has 0 aromatic carbocycles. The summed E-state index contributed by atoms with van der Waals surface area (Å²) < 4.78 is 0. The SMILES string of the molecule is CCNC(=NCCN1C(=O)CCCC1=O)N1CCC2(CCC2)C1. The predicted molar refractivity (Wildman–Crippen MR) is 89.0 cm³/mol. The highest BCUT2D eigenvalue weighted by atomic mass is 16.2. The van der Waals surface area contributed by atoms with Crippen LogP contribution >= 0.6 is 0 Å². The summed E-state index contributed by atoms with van der Waals surface area (Å²) in [5.41, 5.74) is 0.537. The van der Waals surface area contributed by atoms with Crippen LogP contribution in [0.2, 0.25) is 0 Å². The molecular weight excluding hydrogens is 292 g/mol. The molecule has 0 unspecified atom stereocenters. The molecule has 3 fully saturated rings. The molecule has 3 aliphatic rings. The van der Waals surface area contributed by atoms with E-state index in [0.29, 0.717) is 37.8 Å². The highest BCUT2D eigenvalue weighted by Crippen LogP contribution is 2.47. The third-order valence-electron chi connectivity index (χ3n) is 5.46. The maximum absolute atomic E-state index is 11.8. The van der Waals surface area contributed by atoms with Crippen LogP contribution in [-0.2, 0) is 9.59 Å². The van der Waals surface area contributed by atoms with Crippen molar-refractivity contribution in [1.29, 1.82) is 0 Å². The second-order valence-corrected chi connectivity index (χ2v) is 7.05. The van der Waals surface area contributed by atoms with Crippen LogP contribution in [0.15, 0.2) is 4.99 Å². The fraction of sp³-hybridized carbons (Fsp3) is 0.824. The number of rotatable bonds is 4. The highest BCUT2D eigenvalue weighted by Gasteiger charge is 2.43. The Morgan fingerprint density at radius 3 is 2.48 bits per heavy atom. The standard InChI is InChI=1S/C17H28N4O2/c1-2-18-16(20-11-9-17(13-20)7-4-8-17)19-10-12-21-14(22)5-3-6-15(21)23/h2-13H2,1H3,(H,18,19). The van der Waals surface area contributed by atoms with Gasteiger partial charge in [0.25, 0.3) is 0 Å². The van der Waals surface area contributed by atoms with E-state index in [1.807, 2.05) is 0 Å². The van der Waals surface area contributed by atoms with Crippen molar-refractivity contribution in [1.82, 2.24) is 15.1 Å². The molecule has 1 N–H and O–H groups in total. The van der Waals surface area contributed by atoms with Gasteiger partial charge < -0.3 is 10.2 Å². The van der Waals surface area contributed by atoms with Gasteiger partial charge in [-0.3, -0.25) is 19.5 Å². The zero-order chi connectivity index (χ0) is 16.3. The maximum atomic E-state index is 11.8. The number of piperidine rings is 1. The lowest BCUT2D eigenvalue weighted by Gasteiger charge is -2.38. The van der Waals surface area contributed by atoms with Crippen molar-refractivity contribution in [3.05, 3.63) is 0 Å². The minimum atomic E-state index is -0.0453. The van der Waals surface area contributed by atoms with Gasteiger partial charge in [-0.25, -0.2) is 0 Å². The quantitative estimate of drug-likeness (QED) is 0.483. The van der Waals surface area contributed by atoms with Crippen molar-refractivity contribution in [2.24, 2.45) is 10.4 Å². The van der Waals surface area contributed by atoms with E-state index in [4.69, 9.17) is 0 Å². The van der Waals surface area contributed by atoms with E-state index < -0.39 is 0 Å². The first-order chi connectivity index (χ1) is 11.1. The minimum absolute atomic E-state index is 0.0453. The lowest BCUT2D eigenvalue weighted by molar-refractivity contribution is -0.147. The molecule has 0 radical (unpaired) electrons. The number of hydrogen-bond acceptors (Lipinski definition) is 3. The molecule has 0 aromatic heterocycles. The summed E-state index contributed by atoms with van der Waals surface area (Å²) in [6, 6.07) is 0. The Labute approximate surface area is 138 Å². The van der Waals surface area contributed by atoms with Gasteiger partial charge in [0, 0.05) is 39.0 Å². The third-order valence-corrected chi connectivity index (χ3v) is 5.46. The summed E-state index contributed by atoms with van der Waals surface area (Å²) in [5, 5.41) is 3.36. The Kier molecular flexibility index (Phi) is 4.87. The van der Waals surface area contributed by atoms with E-state index in [9.17, 15) is 9.59 Å². The van der Waals surface area contributed by atoms with E-state index >= 15 is 0 Å². The normalized spacial score (nSPS) is 24.3. The zero-order valence-corrected chi connectivity index (χ0v) is 14.1. The molecule has 0 atom stereocenters. The fourth-order valence-electron chi connectivity index (χ4n) is 3.93. The Morgan fingerprint density at radius 2 is 1.91 bits per heavy atom. The molecular formula is C17H28N4O2. The Hall–Kier alpha value is -1.59. The predicted octanol–water partition coefficient (Wildman–Crippen LogP) is 1.37. The lowest BCUT2D eigenvalue weighted by atomic mass is 9.68. The van der Waals surface area contributed by atoms with Crippen LogP contribution in [0, 0.1) is 5.41 Å². The number of amides is 2. The van der Waals surface area contributed by atoms with Crippen molar-refractivity contribution in [2.75, 3.05) is 32.7 Å². The van der Waals surface area contributed by atoms with Crippen molar-refractivity contribution in [3.8, 4) is 0 Å². The van der Waals surface area contributed by atoms with Gasteiger partial charge in [0.1, 0.15) is 0 Å². The molecule has 1 saturated carbocycles. The molecule has 0 aromatic rings.